The van der Waals surface area contributed by atoms with Gasteiger partial charge < -0.3 is 24.7 Å². The number of aromatic amines is 1. The van der Waals surface area contributed by atoms with Crippen LogP contribution >= 0.6 is 15.9 Å². The van der Waals surface area contributed by atoms with Gasteiger partial charge in [-0.1, -0.05) is 22.0 Å². The zero-order valence-corrected chi connectivity index (χ0v) is 17.4. The smallest absolute Gasteiger partial charge is 0.231 e. The lowest BCUT2D eigenvalue weighted by molar-refractivity contribution is -0.125. The zero-order valence-electron chi connectivity index (χ0n) is 15.8. The summed E-state index contributed by atoms with van der Waals surface area (Å²) in [7, 11) is 0. The summed E-state index contributed by atoms with van der Waals surface area (Å²) >= 11 is 3.49. The fraction of sp³-hybridized carbons (Fsp3) is 0.333. The summed E-state index contributed by atoms with van der Waals surface area (Å²) in [5.41, 5.74) is 2.92. The van der Waals surface area contributed by atoms with Crippen LogP contribution < -0.4 is 19.7 Å². The lowest BCUT2D eigenvalue weighted by Gasteiger charge is -2.31. The van der Waals surface area contributed by atoms with E-state index in [0.717, 1.165) is 57.9 Å². The maximum Gasteiger partial charge on any atom is 0.231 e. The second-order valence-electron chi connectivity index (χ2n) is 7.41. The van der Waals surface area contributed by atoms with Gasteiger partial charge in [0.2, 0.25) is 18.6 Å². The number of amides is 1. The molecule has 1 saturated heterocycles. The van der Waals surface area contributed by atoms with Crippen LogP contribution in [-0.4, -0.2) is 35.8 Å². The SMILES string of the molecule is O=C(NCc1ccc2c(c1)OCO2)[C@@H]1CCCN(c2nc3ccc(Br)cc3[nH]2)C1. The van der Waals surface area contributed by atoms with Crippen molar-refractivity contribution in [3.05, 3.63) is 46.4 Å². The Morgan fingerprint density at radius 2 is 2.14 bits per heavy atom. The Labute approximate surface area is 176 Å². The third kappa shape index (κ3) is 3.76. The van der Waals surface area contributed by atoms with Crippen molar-refractivity contribution in [1.29, 1.82) is 0 Å². The Bertz CT molecular complexity index is 1070. The van der Waals surface area contributed by atoms with Crippen molar-refractivity contribution in [2.75, 3.05) is 24.8 Å². The first-order valence-electron chi connectivity index (χ1n) is 9.72. The number of aromatic nitrogens is 2. The molecule has 1 atom stereocenters. The van der Waals surface area contributed by atoms with Crippen molar-refractivity contribution < 1.29 is 14.3 Å². The van der Waals surface area contributed by atoms with Crippen LogP contribution in [-0.2, 0) is 11.3 Å². The van der Waals surface area contributed by atoms with Gasteiger partial charge in [0.25, 0.3) is 0 Å². The Balaban J connectivity index is 1.23. The second kappa shape index (κ2) is 7.59. The normalized spacial score (nSPS) is 18.2. The van der Waals surface area contributed by atoms with Gasteiger partial charge in [-0.05, 0) is 48.7 Å². The van der Waals surface area contributed by atoms with Crippen molar-refractivity contribution in [2.45, 2.75) is 19.4 Å². The summed E-state index contributed by atoms with van der Waals surface area (Å²) in [5, 5.41) is 3.07. The minimum Gasteiger partial charge on any atom is -0.454 e. The number of nitrogens with zero attached hydrogens (tertiary/aromatic N) is 2. The monoisotopic (exact) mass is 456 g/mol. The molecule has 150 valence electrons. The fourth-order valence-electron chi connectivity index (χ4n) is 3.89. The molecule has 0 saturated carbocycles. The van der Waals surface area contributed by atoms with E-state index in [4.69, 9.17) is 14.5 Å². The Morgan fingerprint density at radius 3 is 3.07 bits per heavy atom. The van der Waals surface area contributed by atoms with Crippen molar-refractivity contribution in [1.82, 2.24) is 15.3 Å². The fourth-order valence-corrected chi connectivity index (χ4v) is 4.25. The average Bonchev–Trinajstić information content (AvgIpc) is 3.38. The molecule has 2 aliphatic rings. The quantitative estimate of drug-likeness (QED) is 0.626. The molecule has 0 unspecified atom stereocenters. The molecule has 1 aromatic heterocycles. The van der Waals surface area contributed by atoms with Gasteiger partial charge in [-0.2, -0.15) is 0 Å². The van der Waals surface area contributed by atoms with E-state index in [1.54, 1.807) is 0 Å². The first kappa shape index (κ1) is 18.3. The third-order valence-corrected chi connectivity index (χ3v) is 5.92. The van der Waals surface area contributed by atoms with Crippen LogP contribution in [0.15, 0.2) is 40.9 Å². The van der Waals surface area contributed by atoms with E-state index < -0.39 is 0 Å². The number of halogens is 1. The molecule has 1 amide bonds. The first-order chi connectivity index (χ1) is 14.2. The molecule has 2 N–H and O–H groups in total. The van der Waals surface area contributed by atoms with E-state index >= 15 is 0 Å². The maximum atomic E-state index is 12.8. The summed E-state index contributed by atoms with van der Waals surface area (Å²) < 4.78 is 11.7. The number of nitrogens with one attached hydrogen (secondary N) is 2. The number of carbonyl (C=O) groups excluding carboxylic acids is 1. The molecule has 2 aromatic carbocycles. The highest BCUT2D eigenvalue weighted by molar-refractivity contribution is 9.10. The number of piperidine rings is 1. The summed E-state index contributed by atoms with van der Waals surface area (Å²) in [6.07, 6.45) is 1.85. The number of anilines is 1. The molecule has 29 heavy (non-hydrogen) atoms. The summed E-state index contributed by atoms with van der Waals surface area (Å²) in [6, 6.07) is 11.7. The third-order valence-electron chi connectivity index (χ3n) is 5.43. The molecule has 8 heteroatoms. The molecular weight excluding hydrogens is 436 g/mol. The minimum atomic E-state index is -0.0577. The highest BCUT2D eigenvalue weighted by Crippen LogP contribution is 2.32. The number of imidazole rings is 1. The van der Waals surface area contributed by atoms with E-state index in [0.29, 0.717) is 13.1 Å². The van der Waals surface area contributed by atoms with E-state index in [1.165, 1.54) is 0 Å². The van der Waals surface area contributed by atoms with Crippen LogP contribution in [0.4, 0.5) is 5.95 Å². The molecule has 0 bridgehead atoms. The molecule has 0 spiro atoms. The standard InChI is InChI=1S/C21H21BrN4O3/c22-15-4-5-16-17(9-15)25-21(24-16)26-7-1-2-14(11-26)20(27)23-10-13-3-6-18-19(8-13)29-12-28-18/h3-6,8-9,14H,1-2,7,10-12H2,(H,23,27)(H,24,25)/t14-/m1/s1. The van der Waals surface area contributed by atoms with Crippen molar-refractivity contribution >= 4 is 38.8 Å². The molecule has 1 fully saturated rings. The Hall–Kier alpha value is -2.74. The second-order valence-corrected chi connectivity index (χ2v) is 8.33. The van der Waals surface area contributed by atoms with E-state index in [1.807, 2.05) is 36.4 Å². The molecule has 0 radical (unpaired) electrons. The van der Waals surface area contributed by atoms with Gasteiger partial charge in [-0.15, -0.1) is 0 Å². The number of fused-ring (bicyclic) bond motifs is 2. The Morgan fingerprint density at radius 1 is 1.24 bits per heavy atom. The van der Waals surface area contributed by atoms with E-state index in [9.17, 15) is 4.79 Å². The maximum absolute atomic E-state index is 12.8. The molecule has 3 aromatic rings. The predicted molar refractivity (Wildman–Crippen MR) is 113 cm³/mol. The van der Waals surface area contributed by atoms with Gasteiger partial charge in [0.1, 0.15) is 0 Å². The zero-order chi connectivity index (χ0) is 19.8. The summed E-state index contributed by atoms with van der Waals surface area (Å²) in [5.74, 6) is 2.33. The van der Waals surface area contributed by atoms with E-state index in [-0.39, 0.29) is 18.6 Å². The number of ether oxygens (including phenoxy) is 2. The topological polar surface area (TPSA) is 79.5 Å². The number of carbonyl (C=O) groups is 1. The number of H-pyrrole nitrogens is 1. The number of hydrogen-bond acceptors (Lipinski definition) is 5. The molecule has 3 heterocycles. The van der Waals surface area contributed by atoms with Crippen LogP contribution in [0.1, 0.15) is 18.4 Å². The van der Waals surface area contributed by atoms with Crippen molar-refractivity contribution in [2.24, 2.45) is 5.92 Å². The lowest BCUT2D eigenvalue weighted by atomic mass is 9.97. The van der Waals surface area contributed by atoms with Gasteiger partial charge in [-0.3, -0.25) is 4.79 Å². The predicted octanol–water partition coefficient (Wildman–Crippen LogP) is 3.59. The first-order valence-corrected chi connectivity index (χ1v) is 10.5. The van der Waals surface area contributed by atoms with Gasteiger partial charge in [0, 0.05) is 24.1 Å². The molecule has 7 nitrogen and oxygen atoms in total. The van der Waals surface area contributed by atoms with Crippen molar-refractivity contribution in [3.8, 4) is 11.5 Å². The number of benzene rings is 2. The van der Waals surface area contributed by atoms with Gasteiger partial charge in [0.05, 0.1) is 17.0 Å². The Kier molecular flexibility index (Phi) is 4.79. The molecule has 0 aliphatic carbocycles. The number of hydrogen-bond donors (Lipinski definition) is 2. The van der Waals surface area contributed by atoms with Crippen LogP contribution in [0, 0.1) is 5.92 Å². The average molecular weight is 457 g/mol. The highest BCUT2D eigenvalue weighted by Gasteiger charge is 2.27. The van der Waals surface area contributed by atoms with Crippen LogP contribution in [0.25, 0.3) is 11.0 Å². The highest BCUT2D eigenvalue weighted by atomic mass is 79.9. The van der Waals surface area contributed by atoms with Crippen LogP contribution in [0.2, 0.25) is 0 Å². The van der Waals surface area contributed by atoms with Crippen LogP contribution in [0.5, 0.6) is 11.5 Å². The van der Waals surface area contributed by atoms with Crippen LogP contribution in [0.3, 0.4) is 0 Å². The summed E-state index contributed by atoms with van der Waals surface area (Å²) in [4.78, 5) is 23.0. The van der Waals surface area contributed by atoms with Gasteiger partial charge in [-0.25, -0.2) is 4.98 Å². The summed E-state index contributed by atoms with van der Waals surface area (Å²) in [6.45, 7) is 2.29. The van der Waals surface area contributed by atoms with Gasteiger partial charge in [0.15, 0.2) is 11.5 Å². The number of rotatable bonds is 4. The largest absolute Gasteiger partial charge is 0.454 e. The minimum absolute atomic E-state index is 0.0577. The molecular formula is C21H21BrN4O3. The molecule has 2 aliphatic heterocycles. The lowest BCUT2D eigenvalue weighted by Crippen LogP contribution is -2.43. The van der Waals surface area contributed by atoms with E-state index in [2.05, 4.69) is 31.1 Å². The van der Waals surface area contributed by atoms with Gasteiger partial charge >= 0.3 is 0 Å². The van der Waals surface area contributed by atoms with Crippen molar-refractivity contribution in [3.63, 3.8) is 0 Å². The molecule has 5 rings (SSSR count).